The third-order valence-electron chi connectivity index (χ3n) is 6.86. The fraction of sp³-hybridized carbons (Fsp3) is 0.0625. The molecule has 6 rings (SSSR count). The Labute approximate surface area is 236 Å². The number of phenolic OH excluding ortho intramolecular Hbond substituents is 4. The van der Waals surface area contributed by atoms with Crippen molar-refractivity contribution >= 4 is 21.9 Å². The summed E-state index contributed by atoms with van der Waals surface area (Å²) in [5, 5.41) is 40.5. The summed E-state index contributed by atoms with van der Waals surface area (Å²) < 4.78 is 22.9. The zero-order valence-electron chi connectivity index (χ0n) is 22.2. The van der Waals surface area contributed by atoms with Gasteiger partial charge in [-0.3, -0.25) is 9.59 Å². The van der Waals surface area contributed by atoms with E-state index in [9.17, 15) is 30.0 Å². The summed E-state index contributed by atoms with van der Waals surface area (Å²) in [5.74, 6) is -0.315. The first-order chi connectivity index (χ1) is 20.2. The number of phenols is 4. The number of hydrogen-bond donors (Lipinski definition) is 4. The molecule has 10 heteroatoms. The van der Waals surface area contributed by atoms with Crippen molar-refractivity contribution in [1.29, 1.82) is 0 Å². The SMILES string of the molecule is COc1cc(O)c2c(=O)c(-c3cc(-c4cc(=O)c5c(O)cc(O)cc5o4)ccc3OC)c(-c3ccc(O)cc3)oc2c1. The summed E-state index contributed by atoms with van der Waals surface area (Å²) >= 11 is 0. The van der Waals surface area contributed by atoms with Gasteiger partial charge in [0.05, 0.1) is 19.8 Å². The topological polar surface area (TPSA) is 160 Å². The predicted molar refractivity (Wildman–Crippen MR) is 155 cm³/mol. The van der Waals surface area contributed by atoms with Crippen molar-refractivity contribution in [3.63, 3.8) is 0 Å². The molecule has 0 aliphatic rings. The minimum atomic E-state index is -0.579. The Kier molecular flexibility index (Phi) is 6.23. The lowest BCUT2D eigenvalue weighted by atomic mass is 9.95. The number of benzene rings is 4. The highest BCUT2D eigenvalue weighted by molar-refractivity contribution is 5.95. The Morgan fingerprint density at radius 1 is 0.643 bits per heavy atom. The Balaban J connectivity index is 1.67. The summed E-state index contributed by atoms with van der Waals surface area (Å²) in [4.78, 5) is 27.0. The maximum absolute atomic E-state index is 14.1. The second-order valence-electron chi connectivity index (χ2n) is 9.43. The fourth-order valence-corrected chi connectivity index (χ4v) is 4.91. The van der Waals surface area contributed by atoms with Crippen LogP contribution < -0.4 is 20.3 Å². The van der Waals surface area contributed by atoms with E-state index in [1.807, 2.05) is 0 Å². The second-order valence-corrected chi connectivity index (χ2v) is 9.43. The fourth-order valence-electron chi connectivity index (χ4n) is 4.91. The van der Waals surface area contributed by atoms with Crippen LogP contribution in [0.4, 0.5) is 0 Å². The maximum Gasteiger partial charge on any atom is 0.205 e. The van der Waals surface area contributed by atoms with Gasteiger partial charge in [0.1, 0.15) is 68.0 Å². The van der Waals surface area contributed by atoms with E-state index >= 15 is 0 Å². The van der Waals surface area contributed by atoms with Gasteiger partial charge in [0.25, 0.3) is 0 Å². The van der Waals surface area contributed by atoms with Crippen LogP contribution in [0.3, 0.4) is 0 Å². The monoisotopic (exact) mass is 566 g/mol. The number of fused-ring (bicyclic) bond motifs is 2. The van der Waals surface area contributed by atoms with Gasteiger partial charge in [-0.05, 0) is 42.5 Å². The molecule has 10 nitrogen and oxygen atoms in total. The zero-order valence-corrected chi connectivity index (χ0v) is 22.2. The molecule has 0 spiro atoms. The molecule has 2 aromatic heterocycles. The number of aromatic hydroxyl groups is 4. The summed E-state index contributed by atoms with van der Waals surface area (Å²) in [6.07, 6.45) is 0. The van der Waals surface area contributed by atoms with Gasteiger partial charge in [-0.1, -0.05) is 0 Å². The van der Waals surface area contributed by atoms with Crippen molar-refractivity contribution in [2.24, 2.45) is 0 Å². The minimum Gasteiger partial charge on any atom is -0.508 e. The van der Waals surface area contributed by atoms with E-state index in [0.29, 0.717) is 11.1 Å². The second kappa shape index (κ2) is 9.93. The summed E-state index contributed by atoms with van der Waals surface area (Å²) in [7, 11) is 2.84. The molecule has 0 aliphatic heterocycles. The van der Waals surface area contributed by atoms with Crippen LogP contribution in [0.1, 0.15) is 0 Å². The average molecular weight is 567 g/mol. The van der Waals surface area contributed by atoms with E-state index in [4.69, 9.17) is 18.3 Å². The van der Waals surface area contributed by atoms with Gasteiger partial charge in [0.2, 0.25) is 5.43 Å². The average Bonchev–Trinajstić information content (AvgIpc) is 2.96. The van der Waals surface area contributed by atoms with E-state index in [1.165, 1.54) is 50.6 Å². The van der Waals surface area contributed by atoms with Crippen molar-refractivity contribution in [3.8, 4) is 68.3 Å². The number of ether oxygens (including phenoxy) is 2. The Morgan fingerprint density at radius 2 is 1.33 bits per heavy atom. The molecule has 0 unspecified atom stereocenters. The van der Waals surface area contributed by atoms with Gasteiger partial charge in [0.15, 0.2) is 5.43 Å². The van der Waals surface area contributed by atoms with Gasteiger partial charge in [-0.2, -0.15) is 0 Å². The maximum atomic E-state index is 14.1. The predicted octanol–water partition coefficient (Wildman–Crippen LogP) is 5.74. The quantitative estimate of drug-likeness (QED) is 0.203. The van der Waals surface area contributed by atoms with Crippen molar-refractivity contribution in [2.75, 3.05) is 14.2 Å². The molecule has 0 atom stereocenters. The molecule has 0 amide bonds. The Hall–Kier alpha value is -5.90. The highest BCUT2D eigenvalue weighted by Gasteiger charge is 2.24. The van der Waals surface area contributed by atoms with Gasteiger partial charge in [-0.15, -0.1) is 0 Å². The third-order valence-corrected chi connectivity index (χ3v) is 6.86. The van der Waals surface area contributed by atoms with Gasteiger partial charge < -0.3 is 38.7 Å². The van der Waals surface area contributed by atoms with E-state index < -0.39 is 16.6 Å². The lowest BCUT2D eigenvalue weighted by Crippen LogP contribution is -2.09. The van der Waals surface area contributed by atoms with Gasteiger partial charge >= 0.3 is 0 Å². The van der Waals surface area contributed by atoms with Crippen LogP contribution >= 0.6 is 0 Å². The lowest BCUT2D eigenvalue weighted by molar-refractivity contribution is 0.408. The minimum absolute atomic E-state index is 0.00531. The summed E-state index contributed by atoms with van der Waals surface area (Å²) in [5.41, 5.74) is -0.00128. The molecule has 2 heterocycles. The normalized spacial score (nSPS) is 11.2. The molecule has 210 valence electrons. The third kappa shape index (κ3) is 4.31. The van der Waals surface area contributed by atoms with Crippen molar-refractivity contribution in [1.82, 2.24) is 0 Å². The first kappa shape index (κ1) is 26.3. The molecule has 0 saturated carbocycles. The van der Waals surface area contributed by atoms with E-state index in [1.54, 1.807) is 30.3 Å². The van der Waals surface area contributed by atoms with Crippen molar-refractivity contribution < 1.29 is 38.7 Å². The molecule has 0 radical (unpaired) electrons. The van der Waals surface area contributed by atoms with E-state index in [2.05, 4.69) is 0 Å². The van der Waals surface area contributed by atoms with Crippen LogP contribution in [0, 0.1) is 0 Å². The molecule has 4 aromatic carbocycles. The van der Waals surface area contributed by atoms with E-state index in [0.717, 1.165) is 6.07 Å². The molecule has 0 aliphatic carbocycles. The molecule has 0 bridgehead atoms. The van der Waals surface area contributed by atoms with Crippen molar-refractivity contribution in [2.45, 2.75) is 0 Å². The Bertz CT molecular complexity index is 2140. The van der Waals surface area contributed by atoms with Gasteiger partial charge in [0, 0.05) is 47.0 Å². The smallest absolute Gasteiger partial charge is 0.205 e. The first-order valence-corrected chi connectivity index (χ1v) is 12.5. The Morgan fingerprint density at radius 3 is 2.05 bits per heavy atom. The highest BCUT2D eigenvalue weighted by atomic mass is 16.5. The number of hydrogen-bond acceptors (Lipinski definition) is 10. The van der Waals surface area contributed by atoms with Crippen LogP contribution in [0.2, 0.25) is 0 Å². The summed E-state index contributed by atoms with van der Waals surface area (Å²) in [6.45, 7) is 0. The van der Waals surface area contributed by atoms with Crippen LogP contribution in [-0.4, -0.2) is 34.6 Å². The molecular formula is C32H22O10. The van der Waals surface area contributed by atoms with Gasteiger partial charge in [-0.25, -0.2) is 0 Å². The van der Waals surface area contributed by atoms with Crippen molar-refractivity contribution in [3.05, 3.63) is 93.2 Å². The molecular weight excluding hydrogens is 544 g/mol. The van der Waals surface area contributed by atoms with Crippen LogP contribution in [0.5, 0.6) is 34.5 Å². The van der Waals surface area contributed by atoms with Crippen LogP contribution in [0.25, 0.3) is 55.7 Å². The van der Waals surface area contributed by atoms with Crippen LogP contribution in [-0.2, 0) is 0 Å². The molecule has 0 saturated heterocycles. The highest BCUT2D eigenvalue weighted by Crippen LogP contribution is 2.42. The standard InChI is InChI=1S/C32H22O10/c1-39-19-12-22(36)30-27(13-19)42-32(15-3-6-17(33)7-4-15)28(31(30)38)20-9-16(5-8-24(20)40-2)25-14-23(37)29-21(35)10-18(34)11-26(29)41-25/h3-14,33-36H,1-2H3. The number of rotatable bonds is 5. The number of methoxy groups -OCH3 is 2. The van der Waals surface area contributed by atoms with E-state index in [-0.39, 0.29) is 73.3 Å². The molecule has 4 N–H and O–H groups in total. The van der Waals surface area contributed by atoms with Crippen LogP contribution in [0.15, 0.2) is 91.2 Å². The molecule has 6 aromatic rings. The molecule has 42 heavy (non-hydrogen) atoms. The first-order valence-electron chi connectivity index (χ1n) is 12.5. The summed E-state index contributed by atoms with van der Waals surface area (Å²) in [6, 6.07) is 17.0. The molecule has 0 fully saturated rings. The zero-order chi connectivity index (χ0) is 29.7. The largest absolute Gasteiger partial charge is 0.508 e. The lowest BCUT2D eigenvalue weighted by Gasteiger charge is -2.15.